The molecule has 84 valence electrons. The molecule has 0 aliphatic rings. The Kier molecular flexibility index (Phi) is 3.27. The highest BCUT2D eigenvalue weighted by Crippen LogP contribution is 2.23. The van der Waals surface area contributed by atoms with Gasteiger partial charge in [-0.3, -0.25) is 0 Å². The number of aryl methyl sites for hydroxylation is 1. The molecular weight excluding hydrogens is 234 g/mol. The van der Waals surface area contributed by atoms with Crippen molar-refractivity contribution in [3.8, 4) is 6.07 Å². The highest BCUT2D eigenvalue weighted by Gasteiger charge is 2.08. The van der Waals surface area contributed by atoms with Crippen LogP contribution >= 0.6 is 11.6 Å². The fourth-order valence-electron chi connectivity index (χ4n) is 1.52. The minimum absolute atomic E-state index is 0.375. The summed E-state index contributed by atoms with van der Waals surface area (Å²) >= 11 is 5.88. The van der Waals surface area contributed by atoms with E-state index in [9.17, 15) is 0 Å². The average molecular weight is 244 g/mol. The number of nitriles is 1. The molecular formula is C13H10ClN3. The van der Waals surface area contributed by atoms with Gasteiger partial charge >= 0.3 is 0 Å². The fraction of sp³-hybridized carbons (Fsp3) is 0.0769. The first kappa shape index (κ1) is 11.4. The van der Waals surface area contributed by atoms with Gasteiger partial charge in [-0.2, -0.15) is 5.26 Å². The first-order valence-corrected chi connectivity index (χ1v) is 5.48. The number of aromatic nitrogens is 1. The Morgan fingerprint density at radius 1 is 1.29 bits per heavy atom. The van der Waals surface area contributed by atoms with Crippen molar-refractivity contribution in [2.45, 2.75) is 6.92 Å². The number of benzene rings is 1. The Balaban J connectivity index is 2.43. The number of hydrogen-bond acceptors (Lipinski definition) is 3. The highest BCUT2D eigenvalue weighted by molar-refractivity contribution is 6.29. The van der Waals surface area contributed by atoms with Crippen LogP contribution in [0.5, 0.6) is 0 Å². The second-order valence-electron chi connectivity index (χ2n) is 3.59. The Hall–Kier alpha value is -2.05. The first-order chi connectivity index (χ1) is 8.20. The maximum absolute atomic E-state index is 9.10. The van der Waals surface area contributed by atoms with E-state index >= 15 is 0 Å². The second-order valence-corrected chi connectivity index (χ2v) is 3.98. The molecule has 4 heteroatoms. The summed E-state index contributed by atoms with van der Waals surface area (Å²) in [6.45, 7) is 1.84. The van der Waals surface area contributed by atoms with Crippen LogP contribution in [0.3, 0.4) is 0 Å². The van der Waals surface area contributed by atoms with E-state index in [0.717, 1.165) is 11.3 Å². The third-order valence-corrected chi connectivity index (χ3v) is 2.53. The molecule has 1 aromatic heterocycles. The summed E-state index contributed by atoms with van der Waals surface area (Å²) < 4.78 is 0. The van der Waals surface area contributed by atoms with Crippen molar-refractivity contribution in [1.82, 2.24) is 4.98 Å². The van der Waals surface area contributed by atoms with Crippen molar-refractivity contribution >= 4 is 23.1 Å². The van der Waals surface area contributed by atoms with E-state index in [1.807, 2.05) is 37.3 Å². The molecule has 0 saturated carbocycles. The van der Waals surface area contributed by atoms with Crippen LogP contribution in [-0.2, 0) is 0 Å². The number of para-hydroxylation sites is 1. The van der Waals surface area contributed by atoms with Gasteiger partial charge in [-0.25, -0.2) is 4.98 Å². The summed E-state index contributed by atoms with van der Waals surface area (Å²) in [6.07, 6.45) is 0. The van der Waals surface area contributed by atoms with E-state index in [-0.39, 0.29) is 0 Å². The van der Waals surface area contributed by atoms with E-state index in [1.165, 1.54) is 0 Å². The van der Waals surface area contributed by atoms with Crippen LogP contribution in [-0.4, -0.2) is 4.98 Å². The number of nitrogens with one attached hydrogen (secondary N) is 1. The maximum Gasteiger partial charge on any atom is 0.150 e. The molecule has 0 bridgehead atoms. The van der Waals surface area contributed by atoms with E-state index in [4.69, 9.17) is 16.9 Å². The molecule has 1 heterocycles. The van der Waals surface area contributed by atoms with Crippen molar-refractivity contribution in [2.24, 2.45) is 0 Å². The molecule has 1 aromatic carbocycles. The van der Waals surface area contributed by atoms with Crippen LogP contribution in [0.25, 0.3) is 0 Å². The summed E-state index contributed by atoms with van der Waals surface area (Å²) in [6, 6.07) is 13.3. The fourth-order valence-corrected chi connectivity index (χ4v) is 1.77. The molecule has 17 heavy (non-hydrogen) atoms. The van der Waals surface area contributed by atoms with Crippen molar-refractivity contribution in [3.05, 3.63) is 52.7 Å². The molecule has 0 fully saturated rings. The van der Waals surface area contributed by atoms with Gasteiger partial charge in [0.05, 0.1) is 5.56 Å². The zero-order valence-electron chi connectivity index (χ0n) is 9.24. The van der Waals surface area contributed by atoms with Crippen molar-refractivity contribution in [3.63, 3.8) is 0 Å². The molecule has 0 amide bonds. The highest BCUT2D eigenvalue weighted by atomic mass is 35.5. The maximum atomic E-state index is 9.10. The lowest BCUT2D eigenvalue weighted by molar-refractivity contribution is 1.24. The lowest BCUT2D eigenvalue weighted by atomic mass is 10.1. The van der Waals surface area contributed by atoms with Gasteiger partial charge in [0.2, 0.25) is 0 Å². The molecule has 2 aromatic rings. The van der Waals surface area contributed by atoms with Crippen molar-refractivity contribution in [2.75, 3.05) is 5.32 Å². The molecule has 0 aliphatic heterocycles. The predicted octanol–water partition coefficient (Wildman–Crippen LogP) is 3.66. The molecule has 0 aliphatic carbocycles. The van der Waals surface area contributed by atoms with Crippen LogP contribution < -0.4 is 5.32 Å². The Labute approximate surface area is 105 Å². The van der Waals surface area contributed by atoms with Gasteiger partial charge in [-0.05, 0) is 30.7 Å². The summed E-state index contributed by atoms with van der Waals surface area (Å²) in [7, 11) is 0. The number of nitrogens with zero attached hydrogens (tertiary/aromatic N) is 2. The van der Waals surface area contributed by atoms with Gasteiger partial charge in [0.25, 0.3) is 0 Å². The third-order valence-electron chi connectivity index (χ3n) is 2.33. The lowest BCUT2D eigenvalue weighted by Crippen LogP contribution is -1.99. The van der Waals surface area contributed by atoms with Gasteiger partial charge in [0.1, 0.15) is 17.0 Å². The zero-order valence-corrected chi connectivity index (χ0v) is 9.99. The molecule has 3 nitrogen and oxygen atoms in total. The Bertz CT molecular complexity index is 573. The summed E-state index contributed by atoms with van der Waals surface area (Å²) in [4.78, 5) is 4.13. The van der Waals surface area contributed by atoms with E-state index < -0.39 is 0 Å². The normalized spacial score (nSPS) is 9.71. The van der Waals surface area contributed by atoms with Crippen molar-refractivity contribution < 1.29 is 0 Å². The Morgan fingerprint density at radius 3 is 2.65 bits per heavy atom. The minimum atomic E-state index is 0.375. The van der Waals surface area contributed by atoms with Crippen LogP contribution in [0, 0.1) is 18.3 Å². The summed E-state index contributed by atoms with van der Waals surface area (Å²) in [5.41, 5.74) is 2.20. The summed E-state index contributed by atoms with van der Waals surface area (Å²) in [5.74, 6) is 0.490. The lowest BCUT2D eigenvalue weighted by Gasteiger charge is -2.09. The Morgan fingerprint density at radius 2 is 2.00 bits per heavy atom. The number of rotatable bonds is 2. The van der Waals surface area contributed by atoms with Gasteiger partial charge in [0.15, 0.2) is 0 Å². The molecule has 1 N–H and O–H groups in total. The average Bonchev–Trinajstić information content (AvgIpc) is 2.30. The summed E-state index contributed by atoms with van der Waals surface area (Å²) in [5, 5.41) is 12.6. The largest absolute Gasteiger partial charge is 0.339 e. The molecule has 0 unspecified atom stereocenters. The smallest absolute Gasteiger partial charge is 0.150 e. The number of halogens is 1. The molecule has 0 saturated heterocycles. The third kappa shape index (κ3) is 2.55. The first-order valence-electron chi connectivity index (χ1n) is 5.10. The predicted molar refractivity (Wildman–Crippen MR) is 68.4 cm³/mol. The SMILES string of the molecule is Cc1cc(Cl)nc(Nc2ccccc2)c1C#N. The minimum Gasteiger partial charge on any atom is -0.339 e. The van der Waals surface area contributed by atoms with E-state index in [1.54, 1.807) is 6.07 Å². The molecule has 0 atom stereocenters. The number of hydrogen-bond donors (Lipinski definition) is 1. The monoisotopic (exact) mass is 243 g/mol. The van der Waals surface area contributed by atoms with Crippen LogP contribution in [0.1, 0.15) is 11.1 Å². The van der Waals surface area contributed by atoms with Crippen LogP contribution in [0.2, 0.25) is 5.15 Å². The topological polar surface area (TPSA) is 48.7 Å². The standard InChI is InChI=1S/C13H10ClN3/c1-9-7-12(14)17-13(11(9)8-15)16-10-5-3-2-4-6-10/h2-7H,1H3,(H,16,17). The molecule has 0 radical (unpaired) electrons. The van der Waals surface area contributed by atoms with Gasteiger partial charge in [0, 0.05) is 5.69 Å². The number of pyridine rings is 1. The quantitative estimate of drug-likeness (QED) is 0.819. The van der Waals surface area contributed by atoms with Crippen LogP contribution in [0.4, 0.5) is 11.5 Å². The molecule has 2 rings (SSSR count). The van der Waals surface area contributed by atoms with Gasteiger partial charge in [-0.15, -0.1) is 0 Å². The van der Waals surface area contributed by atoms with Gasteiger partial charge < -0.3 is 5.32 Å². The van der Waals surface area contributed by atoms with Gasteiger partial charge in [-0.1, -0.05) is 29.8 Å². The second kappa shape index (κ2) is 4.86. The van der Waals surface area contributed by atoms with E-state index in [2.05, 4.69) is 16.4 Å². The van der Waals surface area contributed by atoms with E-state index in [0.29, 0.717) is 16.5 Å². The van der Waals surface area contributed by atoms with Crippen molar-refractivity contribution in [1.29, 1.82) is 5.26 Å². The van der Waals surface area contributed by atoms with Crippen LogP contribution in [0.15, 0.2) is 36.4 Å². The zero-order chi connectivity index (χ0) is 12.3. The molecule has 0 spiro atoms. The number of anilines is 2.